The first-order chi connectivity index (χ1) is 8.36. The van der Waals surface area contributed by atoms with Crippen LogP contribution in [0.25, 0.3) is 15.7 Å². The van der Waals surface area contributed by atoms with Gasteiger partial charge in [-0.2, -0.15) is 5.10 Å². The van der Waals surface area contributed by atoms with Crippen LogP contribution in [0, 0.1) is 0 Å². The van der Waals surface area contributed by atoms with Gasteiger partial charge in [0.1, 0.15) is 5.69 Å². The maximum absolute atomic E-state index is 5.50. The van der Waals surface area contributed by atoms with E-state index < -0.39 is 0 Å². The molecule has 3 rings (SSSR count). The van der Waals surface area contributed by atoms with Crippen molar-refractivity contribution in [1.82, 2.24) is 19.6 Å². The third-order valence-corrected chi connectivity index (χ3v) is 3.32. The number of hydrogen-bond donors (Lipinski definition) is 1. The van der Waals surface area contributed by atoms with Crippen LogP contribution in [-0.2, 0) is 6.42 Å². The summed E-state index contributed by atoms with van der Waals surface area (Å²) in [6, 6.07) is 5.78. The molecule has 0 aliphatic rings. The van der Waals surface area contributed by atoms with Crippen molar-refractivity contribution >= 4 is 16.3 Å². The molecule has 0 unspecified atom stereocenters. The molecule has 86 valence electrons. The van der Waals surface area contributed by atoms with E-state index in [1.54, 1.807) is 10.7 Å². The molecule has 0 fully saturated rings. The van der Waals surface area contributed by atoms with Crippen LogP contribution in [0.5, 0.6) is 0 Å². The Morgan fingerprint density at radius 1 is 1.35 bits per heavy atom. The first kappa shape index (κ1) is 10.4. The molecule has 0 aliphatic carbocycles. The number of imidazole rings is 1. The predicted molar refractivity (Wildman–Crippen MR) is 66.9 cm³/mol. The molecule has 0 atom stereocenters. The summed E-state index contributed by atoms with van der Waals surface area (Å²) < 4.78 is 1.79. The molecule has 0 spiro atoms. The van der Waals surface area contributed by atoms with E-state index in [0.717, 1.165) is 27.8 Å². The van der Waals surface area contributed by atoms with Gasteiger partial charge >= 0.3 is 0 Å². The number of fused-ring (bicyclic) bond motifs is 1. The van der Waals surface area contributed by atoms with Crippen molar-refractivity contribution < 1.29 is 0 Å². The van der Waals surface area contributed by atoms with Gasteiger partial charge in [0.05, 0.1) is 11.9 Å². The van der Waals surface area contributed by atoms with Gasteiger partial charge in [-0.05, 0) is 18.7 Å². The molecular formula is C11H11N5S. The molecule has 0 saturated carbocycles. The van der Waals surface area contributed by atoms with Gasteiger partial charge in [-0.3, -0.25) is 4.98 Å². The monoisotopic (exact) mass is 245 g/mol. The third-order valence-electron chi connectivity index (χ3n) is 2.38. The summed E-state index contributed by atoms with van der Waals surface area (Å²) in [5.74, 6) is 0. The molecule has 0 radical (unpaired) electrons. The molecule has 2 N–H and O–H groups in total. The van der Waals surface area contributed by atoms with Gasteiger partial charge in [0.25, 0.3) is 0 Å². The van der Waals surface area contributed by atoms with Crippen LogP contribution >= 0.6 is 11.3 Å². The van der Waals surface area contributed by atoms with Gasteiger partial charge in [-0.1, -0.05) is 17.4 Å². The van der Waals surface area contributed by atoms with E-state index in [1.165, 1.54) is 11.3 Å². The first-order valence-corrected chi connectivity index (χ1v) is 6.15. The van der Waals surface area contributed by atoms with Crippen molar-refractivity contribution in [3.05, 3.63) is 36.3 Å². The van der Waals surface area contributed by atoms with Crippen molar-refractivity contribution in [1.29, 1.82) is 0 Å². The lowest BCUT2D eigenvalue weighted by molar-refractivity contribution is 0.923. The molecule has 17 heavy (non-hydrogen) atoms. The van der Waals surface area contributed by atoms with Crippen LogP contribution in [-0.4, -0.2) is 26.1 Å². The molecule has 6 heteroatoms. The van der Waals surface area contributed by atoms with E-state index in [2.05, 4.69) is 15.1 Å². The average Bonchev–Trinajstić information content (AvgIpc) is 2.88. The number of hydrogen-bond acceptors (Lipinski definition) is 5. The summed E-state index contributed by atoms with van der Waals surface area (Å²) in [6.45, 7) is 0.609. The van der Waals surface area contributed by atoms with Crippen molar-refractivity contribution in [3.8, 4) is 10.7 Å². The summed E-state index contributed by atoms with van der Waals surface area (Å²) in [4.78, 5) is 9.61. The highest BCUT2D eigenvalue weighted by Crippen LogP contribution is 2.23. The zero-order valence-electron chi connectivity index (χ0n) is 9.08. The van der Waals surface area contributed by atoms with Crippen LogP contribution < -0.4 is 5.73 Å². The molecule has 0 saturated heterocycles. The Morgan fingerprint density at radius 2 is 2.29 bits per heavy atom. The molecule has 0 aliphatic heterocycles. The Hall–Kier alpha value is -1.79. The van der Waals surface area contributed by atoms with Crippen LogP contribution in [0.3, 0.4) is 0 Å². The third kappa shape index (κ3) is 1.92. The summed E-state index contributed by atoms with van der Waals surface area (Å²) in [5, 5.41) is 5.34. The Kier molecular flexibility index (Phi) is 2.58. The number of rotatable bonds is 3. The number of nitrogens with two attached hydrogens (primary N) is 1. The maximum Gasteiger partial charge on any atom is 0.212 e. The van der Waals surface area contributed by atoms with E-state index in [4.69, 9.17) is 5.73 Å². The van der Waals surface area contributed by atoms with Gasteiger partial charge in [0.15, 0.2) is 5.01 Å². The Balaban J connectivity index is 2.01. The van der Waals surface area contributed by atoms with Gasteiger partial charge in [-0.25, -0.2) is 9.50 Å². The van der Waals surface area contributed by atoms with Gasteiger partial charge in [0, 0.05) is 12.6 Å². The van der Waals surface area contributed by atoms with Crippen molar-refractivity contribution in [2.45, 2.75) is 6.42 Å². The van der Waals surface area contributed by atoms with Gasteiger partial charge in [-0.15, -0.1) is 0 Å². The van der Waals surface area contributed by atoms with E-state index in [-0.39, 0.29) is 0 Å². The molecule has 3 aromatic heterocycles. The number of pyridine rings is 1. The highest BCUT2D eigenvalue weighted by atomic mass is 32.1. The topological polar surface area (TPSA) is 69.1 Å². The quantitative estimate of drug-likeness (QED) is 0.756. The lowest BCUT2D eigenvalue weighted by atomic mass is 10.3. The van der Waals surface area contributed by atoms with E-state index in [1.807, 2.05) is 24.4 Å². The van der Waals surface area contributed by atoms with Crippen LogP contribution in [0.2, 0.25) is 0 Å². The average molecular weight is 245 g/mol. The second-order valence-electron chi connectivity index (χ2n) is 3.62. The second-order valence-corrected chi connectivity index (χ2v) is 4.58. The summed E-state index contributed by atoms with van der Waals surface area (Å²) in [5.41, 5.74) is 7.36. The number of nitrogens with zero attached hydrogens (tertiary/aromatic N) is 4. The van der Waals surface area contributed by atoms with E-state index in [9.17, 15) is 0 Å². The zero-order valence-corrected chi connectivity index (χ0v) is 9.89. The zero-order chi connectivity index (χ0) is 11.7. The molecule has 0 amide bonds. The van der Waals surface area contributed by atoms with E-state index in [0.29, 0.717) is 6.54 Å². The van der Waals surface area contributed by atoms with Crippen molar-refractivity contribution in [3.63, 3.8) is 0 Å². The maximum atomic E-state index is 5.50. The fraction of sp³-hybridized carbons (Fsp3) is 0.182. The van der Waals surface area contributed by atoms with Crippen molar-refractivity contribution in [2.75, 3.05) is 6.54 Å². The normalized spacial score (nSPS) is 11.1. The lowest BCUT2D eigenvalue weighted by Gasteiger charge is -1.91. The summed E-state index contributed by atoms with van der Waals surface area (Å²) >= 11 is 1.53. The van der Waals surface area contributed by atoms with E-state index >= 15 is 0 Å². The minimum Gasteiger partial charge on any atom is -0.330 e. The first-order valence-electron chi connectivity index (χ1n) is 5.33. The van der Waals surface area contributed by atoms with Crippen LogP contribution in [0.1, 0.15) is 5.69 Å². The highest BCUT2D eigenvalue weighted by molar-refractivity contribution is 7.19. The smallest absolute Gasteiger partial charge is 0.212 e. The minimum absolute atomic E-state index is 0.609. The fourth-order valence-corrected chi connectivity index (χ4v) is 2.48. The van der Waals surface area contributed by atoms with Gasteiger partial charge in [0.2, 0.25) is 4.96 Å². The largest absolute Gasteiger partial charge is 0.330 e. The summed E-state index contributed by atoms with van der Waals surface area (Å²) in [6.07, 6.45) is 4.47. The Labute approximate surface area is 102 Å². The molecule has 3 heterocycles. The molecule has 0 aromatic carbocycles. The minimum atomic E-state index is 0.609. The van der Waals surface area contributed by atoms with Crippen LogP contribution in [0.15, 0.2) is 30.6 Å². The highest BCUT2D eigenvalue weighted by Gasteiger charge is 2.09. The molecule has 3 aromatic rings. The molecular weight excluding hydrogens is 234 g/mol. The molecule has 5 nitrogen and oxygen atoms in total. The predicted octanol–water partition coefficient (Wildman–Crippen LogP) is 1.35. The SMILES string of the molecule is NCCc1cn2nc(-c3ccccn3)sc2n1. The van der Waals surface area contributed by atoms with Crippen LogP contribution in [0.4, 0.5) is 0 Å². The number of aromatic nitrogens is 4. The fourth-order valence-electron chi connectivity index (χ4n) is 1.61. The summed E-state index contributed by atoms with van der Waals surface area (Å²) in [7, 11) is 0. The Bertz CT molecular complexity index is 596. The van der Waals surface area contributed by atoms with Gasteiger partial charge < -0.3 is 5.73 Å². The van der Waals surface area contributed by atoms with Crippen molar-refractivity contribution in [2.24, 2.45) is 5.73 Å². The lowest BCUT2D eigenvalue weighted by Crippen LogP contribution is -2.02. The second kappa shape index (κ2) is 4.23. The standard InChI is InChI=1S/C11H11N5S/c12-5-4-8-7-16-11(14-8)17-10(15-16)9-3-1-2-6-13-9/h1-3,6-7H,4-5,12H2. The molecule has 0 bridgehead atoms. The Morgan fingerprint density at radius 3 is 3.00 bits per heavy atom.